The van der Waals surface area contributed by atoms with E-state index in [1.807, 2.05) is 30.3 Å². The number of piperidine rings is 1. The van der Waals surface area contributed by atoms with Crippen molar-refractivity contribution in [2.24, 2.45) is 5.84 Å². The minimum atomic E-state index is -0.427. The van der Waals surface area contributed by atoms with Crippen LogP contribution < -0.4 is 11.3 Å². The summed E-state index contributed by atoms with van der Waals surface area (Å²) in [5.74, 6) is 5.09. The summed E-state index contributed by atoms with van der Waals surface area (Å²) >= 11 is 0. The van der Waals surface area contributed by atoms with Crippen molar-refractivity contribution in [2.45, 2.75) is 31.3 Å². The summed E-state index contributed by atoms with van der Waals surface area (Å²) in [4.78, 5) is 14.2. The molecule has 19 heavy (non-hydrogen) atoms. The first kappa shape index (κ1) is 14.0. The molecule has 1 aliphatic rings. The van der Waals surface area contributed by atoms with Gasteiger partial charge in [-0.3, -0.25) is 15.1 Å². The molecule has 0 saturated carbocycles. The van der Waals surface area contributed by atoms with Gasteiger partial charge >= 0.3 is 0 Å². The first-order valence-electron chi connectivity index (χ1n) is 6.70. The van der Waals surface area contributed by atoms with E-state index in [4.69, 9.17) is 5.84 Å². The van der Waals surface area contributed by atoms with Crippen molar-refractivity contribution in [3.05, 3.63) is 35.9 Å². The number of rotatable bonds is 4. The summed E-state index contributed by atoms with van der Waals surface area (Å²) < 4.78 is 0. The molecule has 1 amide bonds. The summed E-state index contributed by atoms with van der Waals surface area (Å²) in [6, 6.07) is 9.17. The zero-order valence-corrected chi connectivity index (χ0v) is 11.0. The molecule has 1 aromatic rings. The number of amides is 1. The Balaban J connectivity index is 2.29. The lowest BCUT2D eigenvalue weighted by molar-refractivity contribution is -0.129. The zero-order valence-electron chi connectivity index (χ0n) is 11.0. The minimum Gasteiger partial charge on any atom is -0.395 e. The first-order chi connectivity index (χ1) is 9.27. The van der Waals surface area contributed by atoms with E-state index in [0.29, 0.717) is 0 Å². The number of nitrogens with zero attached hydrogens (tertiary/aromatic N) is 1. The van der Waals surface area contributed by atoms with Gasteiger partial charge in [0, 0.05) is 6.04 Å². The molecule has 4 N–H and O–H groups in total. The molecular weight excluding hydrogens is 242 g/mol. The van der Waals surface area contributed by atoms with Crippen LogP contribution in [0.5, 0.6) is 0 Å². The van der Waals surface area contributed by atoms with E-state index in [0.717, 1.165) is 31.4 Å². The summed E-state index contributed by atoms with van der Waals surface area (Å²) in [5.41, 5.74) is 3.15. The highest BCUT2D eigenvalue weighted by atomic mass is 16.3. The number of benzene rings is 1. The molecular formula is C14H21N3O2. The number of hydrogen-bond donors (Lipinski definition) is 3. The molecule has 0 radical (unpaired) electrons. The van der Waals surface area contributed by atoms with Crippen molar-refractivity contribution in [1.82, 2.24) is 10.3 Å². The highest BCUT2D eigenvalue weighted by molar-refractivity contribution is 5.82. The number of hydrazine groups is 1. The van der Waals surface area contributed by atoms with Gasteiger partial charge in [-0.2, -0.15) is 0 Å². The van der Waals surface area contributed by atoms with Gasteiger partial charge in [-0.05, 0) is 24.9 Å². The molecule has 0 aromatic heterocycles. The molecule has 5 heteroatoms. The van der Waals surface area contributed by atoms with E-state index in [9.17, 15) is 9.90 Å². The normalized spacial score (nSPS) is 21.9. The van der Waals surface area contributed by atoms with Crippen molar-refractivity contribution in [2.75, 3.05) is 13.2 Å². The minimum absolute atomic E-state index is 0.0243. The molecule has 0 bridgehead atoms. The predicted molar refractivity (Wildman–Crippen MR) is 72.9 cm³/mol. The number of likely N-dealkylation sites (tertiary alicyclic amines) is 1. The highest BCUT2D eigenvalue weighted by Crippen LogP contribution is 2.28. The summed E-state index contributed by atoms with van der Waals surface area (Å²) in [5, 5.41) is 9.51. The van der Waals surface area contributed by atoms with Gasteiger partial charge in [-0.15, -0.1) is 0 Å². The largest absolute Gasteiger partial charge is 0.395 e. The second-order valence-corrected chi connectivity index (χ2v) is 4.89. The Hall–Kier alpha value is -1.43. The van der Waals surface area contributed by atoms with E-state index in [2.05, 4.69) is 10.3 Å². The molecule has 0 spiro atoms. The number of carbonyl (C=O) groups excluding carboxylic acids is 1. The maximum absolute atomic E-state index is 12.1. The smallest absolute Gasteiger partial charge is 0.255 e. The van der Waals surface area contributed by atoms with Crippen LogP contribution in [-0.2, 0) is 4.79 Å². The van der Waals surface area contributed by atoms with Crippen molar-refractivity contribution < 1.29 is 9.90 Å². The second-order valence-electron chi connectivity index (χ2n) is 4.89. The fourth-order valence-corrected chi connectivity index (χ4v) is 2.77. The van der Waals surface area contributed by atoms with Crippen LogP contribution in [0.15, 0.2) is 30.3 Å². The standard InChI is InChI=1S/C14H21N3O2/c15-16-14(19)13(11-6-2-1-3-7-11)17-9-5-4-8-12(17)10-18/h1-3,6-7,12-13,18H,4-5,8-10,15H2,(H,16,19). The van der Waals surface area contributed by atoms with Gasteiger partial charge in [0.1, 0.15) is 6.04 Å². The molecule has 104 valence electrons. The Bertz CT molecular complexity index is 410. The van der Waals surface area contributed by atoms with Crippen molar-refractivity contribution in [3.8, 4) is 0 Å². The molecule has 5 nitrogen and oxygen atoms in total. The van der Waals surface area contributed by atoms with Crippen LogP contribution in [0, 0.1) is 0 Å². The molecule has 0 aliphatic carbocycles. The summed E-state index contributed by atoms with van der Waals surface area (Å²) in [6.45, 7) is 0.874. The number of aliphatic hydroxyl groups is 1. The summed E-state index contributed by atoms with van der Waals surface area (Å²) in [6.07, 6.45) is 3.04. The average Bonchev–Trinajstić information content (AvgIpc) is 2.49. The number of nitrogens with two attached hydrogens (primary N) is 1. The maximum Gasteiger partial charge on any atom is 0.255 e. The van der Waals surface area contributed by atoms with Crippen LogP contribution in [-0.4, -0.2) is 35.1 Å². The van der Waals surface area contributed by atoms with Gasteiger partial charge in [-0.1, -0.05) is 36.8 Å². The lowest BCUT2D eigenvalue weighted by Gasteiger charge is -2.39. The third kappa shape index (κ3) is 3.12. The monoisotopic (exact) mass is 263 g/mol. The Labute approximate surface area is 113 Å². The number of carbonyl (C=O) groups is 1. The van der Waals surface area contributed by atoms with Crippen molar-refractivity contribution in [1.29, 1.82) is 0 Å². The Kier molecular flexibility index (Phi) is 4.90. The second kappa shape index (κ2) is 6.65. The van der Waals surface area contributed by atoms with E-state index in [1.165, 1.54) is 0 Å². The topological polar surface area (TPSA) is 78.6 Å². The molecule has 2 atom stereocenters. The predicted octanol–water partition coefficient (Wildman–Crippen LogP) is 0.564. The van der Waals surface area contributed by atoms with Crippen LogP contribution in [0.1, 0.15) is 30.9 Å². The number of hydrogen-bond acceptors (Lipinski definition) is 4. The van der Waals surface area contributed by atoms with Crippen LogP contribution in [0.4, 0.5) is 0 Å². The SMILES string of the molecule is NNC(=O)C(c1ccccc1)N1CCCCC1CO. The fourth-order valence-electron chi connectivity index (χ4n) is 2.77. The van der Waals surface area contributed by atoms with Gasteiger partial charge in [-0.25, -0.2) is 5.84 Å². The van der Waals surface area contributed by atoms with Crippen molar-refractivity contribution >= 4 is 5.91 Å². The molecule has 1 aromatic carbocycles. The van der Waals surface area contributed by atoms with Gasteiger partial charge in [0.05, 0.1) is 6.61 Å². The quantitative estimate of drug-likeness (QED) is 0.421. The van der Waals surface area contributed by atoms with Gasteiger partial charge in [0.2, 0.25) is 0 Å². The lowest BCUT2D eigenvalue weighted by Crippen LogP contribution is -2.50. The Morgan fingerprint density at radius 2 is 2.16 bits per heavy atom. The van der Waals surface area contributed by atoms with Gasteiger partial charge < -0.3 is 5.11 Å². The average molecular weight is 263 g/mol. The molecule has 1 saturated heterocycles. The first-order valence-corrected chi connectivity index (χ1v) is 6.70. The number of nitrogens with one attached hydrogen (secondary N) is 1. The number of aliphatic hydroxyl groups excluding tert-OH is 1. The lowest BCUT2D eigenvalue weighted by atomic mass is 9.96. The van der Waals surface area contributed by atoms with Gasteiger partial charge in [0.15, 0.2) is 0 Å². The third-order valence-electron chi connectivity index (χ3n) is 3.72. The van der Waals surface area contributed by atoms with E-state index in [-0.39, 0.29) is 18.6 Å². The zero-order chi connectivity index (χ0) is 13.7. The van der Waals surface area contributed by atoms with E-state index < -0.39 is 6.04 Å². The Morgan fingerprint density at radius 1 is 1.42 bits per heavy atom. The molecule has 2 unspecified atom stereocenters. The summed E-state index contributed by atoms with van der Waals surface area (Å²) in [7, 11) is 0. The third-order valence-corrected chi connectivity index (χ3v) is 3.72. The molecule has 2 rings (SSSR count). The van der Waals surface area contributed by atoms with Crippen LogP contribution in [0.3, 0.4) is 0 Å². The molecule has 1 heterocycles. The van der Waals surface area contributed by atoms with Crippen molar-refractivity contribution in [3.63, 3.8) is 0 Å². The van der Waals surface area contributed by atoms with Crippen LogP contribution in [0.25, 0.3) is 0 Å². The Morgan fingerprint density at radius 3 is 2.79 bits per heavy atom. The molecule has 1 aliphatic heterocycles. The maximum atomic E-state index is 12.1. The van der Waals surface area contributed by atoms with Crippen LogP contribution >= 0.6 is 0 Å². The highest BCUT2D eigenvalue weighted by Gasteiger charge is 2.33. The van der Waals surface area contributed by atoms with Gasteiger partial charge in [0.25, 0.3) is 5.91 Å². The van der Waals surface area contributed by atoms with Crippen LogP contribution in [0.2, 0.25) is 0 Å². The fraction of sp³-hybridized carbons (Fsp3) is 0.500. The molecule has 1 fully saturated rings. The van der Waals surface area contributed by atoms with E-state index >= 15 is 0 Å². The van der Waals surface area contributed by atoms with E-state index in [1.54, 1.807) is 0 Å².